The van der Waals surface area contributed by atoms with E-state index in [1.165, 1.54) is 0 Å². The molecule has 0 amide bonds. The molecule has 0 fully saturated rings. The molecule has 1 aromatic heterocycles. The third-order valence-electron chi connectivity index (χ3n) is 3.89. The van der Waals surface area contributed by atoms with Crippen molar-refractivity contribution in [2.45, 2.75) is 0 Å². The zero-order valence-electron chi connectivity index (χ0n) is 14.1. The van der Waals surface area contributed by atoms with Crippen LogP contribution in [0.3, 0.4) is 0 Å². The number of oxazole rings is 1. The predicted octanol–water partition coefficient (Wildman–Crippen LogP) is 7.28. The molecule has 0 spiro atoms. The molecule has 0 aliphatic heterocycles. The van der Waals surface area contributed by atoms with Crippen molar-refractivity contribution in [1.29, 1.82) is 0 Å². The van der Waals surface area contributed by atoms with Crippen LogP contribution >= 0.6 is 38.5 Å². The summed E-state index contributed by atoms with van der Waals surface area (Å²) in [6, 6.07) is 22.0. The van der Waals surface area contributed by atoms with Gasteiger partial charge in [-0.1, -0.05) is 40.2 Å². The molecule has 1 heterocycles. The third-order valence-corrected chi connectivity index (χ3v) is 5.05. The summed E-state index contributed by atoms with van der Waals surface area (Å²) in [6.07, 6.45) is 5.72. The predicted molar refractivity (Wildman–Crippen MR) is 123 cm³/mol. The van der Waals surface area contributed by atoms with Gasteiger partial charge in [0, 0.05) is 19.8 Å². The second kappa shape index (κ2) is 8.19. The van der Waals surface area contributed by atoms with Crippen LogP contribution in [0.1, 0.15) is 5.56 Å². The summed E-state index contributed by atoms with van der Waals surface area (Å²) >= 11 is 5.75. The van der Waals surface area contributed by atoms with Gasteiger partial charge in [-0.3, -0.25) is 4.99 Å². The van der Waals surface area contributed by atoms with E-state index in [9.17, 15) is 0 Å². The van der Waals surface area contributed by atoms with Crippen molar-refractivity contribution in [3.8, 4) is 11.5 Å². The zero-order valence-corrected chi connectivity index (χ0v) is 17.9. The molecule has 0 saturated heterocycles. The lowest BCUT2D eigenvalue weighted by atomic mass is 10.2. The number of hydrogen-bond donors (Lipinski definition) is 0. The molecule has 0 bridgehead atoms. The van der Waals surface area contributed by atoms with Crippen LogP contribution in [-0.4, -0.2) is 11.2 Å². The Bertz CT molecular complexity index is 1160. The lowest BCUT2D eigenvalue weighted by molar-refractivity contribution is 0.620. The fraction of sp³-hybridized carbons (Fsp3) is 0. The molecule has 4 rings (SSSR count). The number of nitrogens with zero attached hydrogens (tertiary/aromatic N) is 2. The molecule has 3 aromatic carbocycles. The van der Waals surface area contributed by atoms with Gasteiger partial charge in [-0.05, 0) is 82.8 Å². The number of benzene rings is 3. The molecule has 0 N–H and O–H groups in total. The summed E-state index contributed by atoms with van der Waals surface area (Å²) in [4.78, 5) is 9.09. The van der Waals surface area contributed by atoms with Crippen molar-refractivity contribution in [2.24, 2.45) is 4.99 Å². The highest BCUT2D eigenvalue weighted by Gasteiger charge is 2.08. The zero-order chi connectivity index (χ0) is 18.6. The van der Waals surface area contributed by atoms with Gasteiger partial charge in [0.15, 0.2) is 5.58 Å². The van der Waals surface area contributed by atoms with E-state index in [0.717, 1.165) is 36.0 Å². The van der Waals surface area contributed by atoms with Crippen LogP contribution in [0.15, 0.2) is 86.7 Å². The number of hydrogen-bond acceptors (Lipinski definition) is 3. The van der Waals surface area contributed by atoms with Crippen LogP contribution < -0.4 is 0 Å². The summed E-state index contributed by atoms with van der Waals surface area (Å²) < 4.78 is 8.08. The monoisotopic (exact) mass is 528 g/mol. The molecule has 132 valence electrons. The van der Waals surface area contributed by atoms with Crippen LogP contribution in [0.5, 0.6) is 0 Å². The van der Waals surface area contributed by atoms with Gasteiger partial charge in [0.25, 0.3) is 0 Å². The first-order chi connectivity index (χ1) is 13.2. The van der Waals surface area contributed by atoms with Gasteiger partial charge < -0.3 is 4.42 Å². The topological polar surface area (TPSA) is 38.4 Å². The van der Waals surface area contributed by atoms with Crippen LogP contribution in [-0.2, 0) is 0 Å². The molecule has 4 aromatic rings. The average molecular weight is 529 g/mol. The van der Waals surface area contributed by atoms with E-state index in [-0.39, 0.29) is 0 Å². The van der Waals surface area contributed by atoms with E-state index in [0.29, 0.717) is 5.89 Å². The average Bonchev–Trinajstić information content (AvgIpc) is 3.09. The summed E-state index contributed by atoms with van der Waals surface area (Å²) in [6.45, 7) is 0. The van der Waals surface area contributed by atoms with Gasteiger partial charge >= 0.3 is 0 Å². The highest BCUT2D eigenvalue weighted by atomic mass is 127. The Kier molecular flexibility index (Phi) is 5.50. The Balaban J connectivity index is 1.54. The van der Waals surface area contributed by atoms with Crippen molar-refractivity contribution in [2.75, 3.05) is 0 Å². The minimum absolute atomic E-state index is 0.624. The quantitative estimate of drug-likeness (QED) is 0.206. The third kappa shape index (κ3) is 4.54. The van der Waals surface area contributed by atoms with Crippen molar-refractivity contribution < 1.29 is 4.42 Å². The Morgan fingerprint density at radius 1 is 1.00 bits per heavy atom. The maximum Gasteiger partial charge on any atom is 0.227 e. The van der Waals surface area contributed by atoms with Gasteiger partial charge in [-0.15, -0.1) is 0 Å². The van der Waals surface area contributed by atoms with E-state index in [1.807, 2.05) is 66.7 Å². The number of halogens is 2. The van der Waals surface area contributed by atoms with Crippen molar-refractivity contribution in [1.82, 2.24) is 4.98 Å². The summed E-state index contributed by atoms with van der Waals surface area (Å²) in [5, 5.41) is 0. The number of rotatable bonds is 4. The molecular formula is C22H14BrIN2O. The minimum Gasteiger partial charge on any atom is -0.436 e. The molecule has 0 unspecified atom stereocenters. The SMILES string of the molecule is Brc1cccc(/C=C/C=Nc2ccc3oc(-c4cccc(I)c4)nc3c2)c1. The van der Waals surface area contributed by atoms with Crippen LogP contribution in [0, 0.1) is 3.57 Å². The summed E-state index contributed by atoms with van der Waals surface area (Å²) in [7, 11) is 0. The highest BCUT2D eigenvalue weighted by Crippen LogP contribution is 2.27. The molecule has 0 aliphatic rings. The fourth-order valence-corrected chi connectivity index (χ4v) is 3.59. The van der Waals surface area contributed by atoms with Gasteiger partial charge in [-0.2, -0.15) is 0 Å². The summed E-state index contributed by atoms with van der Waals surface area (Å²) in [5.41, 5.74) is 4.48. The first-order valence-electron chi connectivity index (χ1n) is 8.30. The molecule has 0 radical (unpaired) electrons. The molecular weight excluding hydrogens is 515 g/mol. The first-order valence-corrected chi connectivity index (χ1v) is 10.2. The maximum absolute atomic E-state index is 5.87. The Morgan fingerprint density at radius 2 is 1.89 bits per heavy atom. The number of aliphatic imine (C=N–C) groups is 1. The van der Waals surface area contributed by atoms with Gasteiger partial charge in [0.2, 0.25) is 5.89 Å². The van der Waals surface area contributed by atoms with E-state index in [4.69, 9.17) is 4.42 Å². The maximum atomic E-state index is 5.87. The van der Waals surface area contributed by atoms with E-state index in [2.05, 4.69) is 60.6 Å². The Morgan fingerprint density at radius 3 is 2.74 bits per heavy atom. The van der Waals surface area contributed by atoms with Gasteiger partial charge in [-0.25, -0.2) is 4.98 Å². The number of aromatic nitrogens is 1. The van der Waals surface area contributed by atoms with Gasteiger partial charge in [0.05, 0.1) is 5.69 Å². The Labute approximate surface area is 179 Å². The minimum atomic E-state index is 0.624. The molecule has 3 nitrogen and oxygen atoms in total. The first kappa shape index (κ1) is 18.1. The second-order valence-corrected chi connectivity index (χ2v) is 8.03. The highest BCUT2D eigenvalue weighted by molar-refractivity contribution is 14.1. The van der Waals surface area contributed by atoms with Crippen molar-refractivity contribution >= 4 is 67.6 Å². The van der Waals surface area contributed by atoms with E-state index < -0.39 is 0 Å². The fourth-order valence-electron chi connectivity index (χ4n) is 2.63. The molecule has 0 aliphatic carbocycles. The van der Waals surface area contributed by atoms with Crippen LogP contribution in [0.25, 0.3) is 28.6 Å². The lowest BCUT2D eigenvalue weighted by Crippen LogP contribution is -1.78. The van der Waals surface area contributed by atoms with Crippen LogP contribution in [0.4, 0.5) is 5.69 Å². The van der Waals surface area contributed by atoms with Gasteiger partial charge in [0.1, 0.15) is 5.52 Å². The number of allylic oxidation sites excluding steroid dienone is 1. The van der Waals surface area contributed by atoms with E-state index in [1.54, 1.807) is 6.21 Å². The molecule has 0 saturated carbocycles. The number of fused-ring (bicyclic) bond motifs is 1. The second-order valence-electron chi connectivity index (χ2n) is 5.87. The molecule has 5 heteroatoms. The molecule has 27 heavy (non-hydrogen) atoms. The smallest absolute Gasteiger partial charge is 0.227 e. The Hall–Kier alpha value is -2.25. The van der Waals surface area contributed by atoms with Crippen LogP contribution in [0.2, 0.25) is 0 Å². The largest absolute Gasteiger partial charge is 0.436 e. The van der Waals surface area contributed by atoms with Crippen molar-refractivity contribution in [3.63, 3.8) is 0 Å². The molecule has 0 atom stereocenters. The lowest BCUT2D eigenvalue weighted by Gasteiger charge is -1.94. The van der Waals surface area contributed by atoms with Crippen molar-refractivity contribution in [3.05, 3.63) is 86.4 Å². The standard InChI is InChI=1S/C22H14BrIN2O/c23-17-7-1-4-15(12-17)5-3-11-25-19-9-10-21-20(14-19)26-22(27-21)16-6-2-8-18(24)13-16/h1-14H/b5-3+,25-11?. The van der Waals surface area contributed by atoms with E-state index >= 15 is 0 Å². The normalized spacial score (nSPS) is 11.8. The summed E-state index contributed by atoms with van der Waals surface area (Å²) in [5.74, 6) is 0.624.